The monoisotopic (exact) mass is 394 g/mol. The summed E-state index contributed by atoms with van der Waals surface area (Å²) in [4.78, 5) is 17.2. The minimum Gasteiger partial charge on any atom is -0.495 e. The van der Waals surface area contributed by atoms with E-state index in [1.807, 2.05) is 26.0 Å². The summed E-state index contributed by atoms with van der Waals surface area (Å²) in [5.74, 6) is 0.790. The van der Waals surface area contributed by atoms with Crippen LogP contribution in [0.5, 0.6) is 11.5 Å². The highest BCUT2D eigenvalue weighted by atomic mass is 35.5. The molecule has 1 aromatic carbocycles. The largest absolute Gasteiger partial charge is 0.495 e. The molecule has 0 fully saturated rings. The Morgan fingerprint density at radius 1 is 1.12 bits per heavy atom. The van der Waals surface area contributed by atoms with Crippen molar-refractivity contribution >= 4 is 41.4 Å². The highest BCUT2D eigenvalue weighted by molar-refractivity contribution is 6.39. The molecule has 138 valence electrons. The number of amides is 1. The van der Waals surface area contributed by atoms with Crippen LogP contribution in [0, 0.1) is 13.8 Å². The molecule has 0 aliphatic rings. The fraction of sp³-hybridized carbons (Fsp3) is 0.263. The Morgan fingerprint density at radius 2 is 1.69 bits per heavy atom. The second kappa shape index (κ2) is 8.43. The van der Waals surface area contributed by atoms with Crippen LogP contribution in [0.4, 0.5) is 0 Å². The molecular weight excluding hydrogens is 375 g/mol. The van der Waals surface area contributed by atoms with E-state index in [-0.39, 0.29) is 10.0 Å². The van der Waals surface area contributed by atoms with Gasteiger partial charge in [0.15, 0.2) is 0 Å². The number of nitrogens with zero attached hydrogens (tertiary/aromatic N) is 2. The third kappa shape index (κ3) is 3.94. The first-order chi connectivity index (χ1) is 12.3. The van der Waals surface area contributed by atoms with Crippen LogP contribution in [0.3, 0.4) is 0 Å². The molecule has 1 aromatic heterocycles. The van der Waals surface area contributed by atoms with E-state index in [2.05, 4.69) is 4.98 Å². The average molecular weight is 395 g/mol. The summed E-state index contributed by atoms with van der Waals surface area (Å²) in [6.07, 6.45) is 4.23. The van der Waals surface area contributed by atoms with E-state index in [1.165, 1.54) is 19.1 Å². The Labute approximate surface area is 163 Å². The normalized spacial score (nSPS) is 11.3. The number of carbonyl (C=O) groups is 1. The molecule has 2 aromatic rings. The molecule has 5 nitrogen and oxygen atoms in total. The predicted molar refractivity (Wildman–Crippen MR) is 105 cm³/mol. The number of carbonyl (C=O) groups excluding carboxylic acids is 1. The maximum absolute atomic E-state index is 11.5. The molecule has 2 rings (SSSR count). The summed E-state index contributed by atoms with van der Waals surface area (Å²) in [6, 6.07) is 3.56. The lowest BCUT2D eigenvalue weighted by Crippen LogP contribution is -2.15. The lowest BCUT2D eigenvalue weighted by Gasteiger charge is -2.21. The fourth-order valence-electron chi connectivity index (χ4n) is 2.52. The van der Waals surface area contributed by atoms with Gasteiger partial charge in [-0.1, -0.05) is 23.2 Å². The maximum atomic E-state index is 11.5. The molecule has 0 bridgehead atoms. The highest BCUT2D eigenvalue weighted by Gasteiger charge is 2.22. The van der Waals surface area contributed by atoms with Crippen LogP contribution >= 0.6 is 23.2 Å². The van der Waals surface area contributed by atoms with Crippen LogP contribution in [-0.4, -0.2) is 37.6 Å². The van der Waals surface area contributed by atoms with E-state index < -0.39 is 0 Å². The van der Waals surface area contributed by atoms with Crippen molar-refractivity contribution in [3.8, 4) is 11.5 Å². The minimum absolute atomic E-state index is 0.288. The molecule has 1 amide bonds. The van der Waals surface area contributed by atoms with Crippen LogP contribution < -0.4 is 9.47 Å². The summed E-state index contributed by atoms with van der Waals surface area (Å²) in [6.45, 7) is 3.88. The quantitative estimate of drug-likeness (QED) is 0.671. The smallest absolute Gasteiger partial charge is 0.213 e. The summed E-state index contributed by atoms with van der Waals surface area (Å²) in [7, 11) is 4.62. The first kappa shape index (κ1) is 20.1. The Hall–Kier alpha value is -2.24. The molecule has 0 aliphatic carbocycles. The van der Waals surface area contributed by atoms with Crippen molar-refractivity contribution in [1.82, 2.24) is 9.88 Å². The van der Waals surface area contributed by atoms with E-state index in [0.717, 1.165) is 16.8 Å². The van der Waals surface area contributed by atoms with Gasteiger partial charge in [0.25, 0.3) is 0 Å². The molecule has 0 spiro atoms. The molecule has 26 heavy (non-hydrogen) atoms. The number of pyridine rings is 1. The number of hydrogen-bond donors (Lipinski definition) is 0. The lowest BCUT2D eigenvalue weighted by molar-refractivity contribution is -0.114. The summed E-state index contributed by atoms with van der Waals surface area (Å²) >= 11 is 13.0. The van der Waals surface area contributed by atoms with Crippen molar-refractivity contribution in [2.75, 3.05) is 21.3 Å². The Balaban J connectivity index is 2.80. The molecule has 0 saturated heterocycles. The summed E-state index contributed by atoms with van der Waals surface area (Å²) in [5.41, 5.74) is 3.70. The summed E-state index contributed by atoms with van der Waals surface area (Å²) in [5, 5.41) is 0.576. The van der Waals surface area contributed by atoms with Gasteiger partial charge in [0.05, 0.1) is 30.0 Å². The molecule has 1 heterocycles. The van der Waals surface area contributed by atoms with E-state index in [1.54, 1.807) is 19.3 Å². The Morgan fingerprint density at radius 3 is 2.15 bits per heavy atom. The molecule has 0 saturated carbocycles. The standard InChI is InChI=1S/C19H20Cl2N2O3/c1-11-6-12(2)22-9-13(11)7-14(23(3)10-24)17-18(20)15(25-4)8-16(26-5)19(17)21/h6-10H,1-5H3/b14-7-. The minimum atomic E-state index is 0.288. The van der Waals surface area contributed by atoms with Crippen molar-refractivity contribution in [3.63, 3.8) is 0 Å². The van der Waals surface area contributed by atoms with Gasteiger partial charge in [-0.2, -0.15) is 0 Å². The SMILES string of the molecule is COc1cc(OC)c(Cl)c(/C(=C/c2cnc(C)cc2C)N(C)C=O)c1Cl. The number of benzene rings is 1. The van der Waals surface area contributed by atoms with Gasteiger partial charge in [0.1, 0.15) is 11.5 Å². The van der Waals surface area contributed by atoms with Gasteiger partial charge in [-0.25, -0.2) is 0 Å². The van der Waals surface area contributed by atoms with Gasteiger partial charge in [0, 0.05) is 30.6 Å². The van der Waals surface area contributed by atoms with Crippen LogP contribution in [0.2, 0.25) is 10.0 Å². The third-order valence-electron chi connectivity index (χ3n) is 3.95. The number of ether oxygens (including phenoxy) is 2. The molecule has 0 unspecified atom stereocenters. The first-order valence-electron chi connectivity index (χ1n) is 7.77. The fourth-order valence-corrected chi connectivity index (χ4v) is 3.22. The van der Waals surface area contributed by atoms with Gasteiger partial charge in [-0.3, -0.25) is 9.78 Å². The highest BCUT2D eigenvalue weighted by Crippen LogP contribution is 2.44. The topological polar surface area (TPSA) is 51.7 Å². The predicted octanol–water partition coefficient (Wildman–Crippen LogP) is 4.61. The van der Waals surface area contributed by atoms with Gasteiger partial charge < -0.3 is 14.4 Å². The van der Waals surface area contributed by atoms with E-state index in [0.29, 0.717) is 29.2 Å². The Kier molecular flexibility index (Phi) is 6.51. The van der Waals surface area contributed by atoms with Gasteiger partial charge in [0.2, 0.25) is 6.41 Å². The number of hydrogen-bond acceptors (Lipinski definition) is 4. The van der Waals surface area contributed by atoms with Crippen LogP contribution in [0.15, 0.2) is 18.3 Å². The molecule has 0 aliphatic heterocycles. The van der Waals surface area contributed by atoms with Crippen molar-refractivity contribution in [2.24, 2.45) is 0 Å². The molecule has 7 heteroatoms. The molecular formula is C19H20Cl2N2O3. The zero-order chi connectivity index (χ0) is 19.4. The lowest BCUT2D eigenvalue weighted by atomic mass is 10.0. The Bertz CT molecular complexity index is 838. The van der Waals surface area contributed by atoms with Gasteiger partial charge in [-0.15, -0.1) is 0 Å². The number of methoxy groups -OCH3 is 2. The van der Waals surface area contributed by atoms with Crippen molar-refractivity contribution in [3.05, 3.63) is 50.8 Å². The number of halogens is 2. The van der Waals surface area contributed by atoms with Crippen molar-refractivity contribution in [2.45, 2.75) is 13.8 Å². The van der Waals surface area contributed by atoms with Crippen molar-refractivity contribution in [1.29, 1.82) is 0 Å². The van der Waals surface area contributed by atoms with Crippen molar-refractivity contribution < 1.29 is 14.3 Å². The zero-order valence-electron chi connectivity index (χ0n) is 15.3. The van der Waals surface area contributed by atoms with Gasteiger partial charge >= 0.3 is 0 Å². The second-order valence-electron chi connectivity index (χ2n) is 5.71. The van der Waals surface area contributed by atoms with Gasteiger partial charge in [-0.05, 0) is 37.1 Å². The second-order valence-corrected chi connectivity index (χ2v) is 6.47. The first-order valence-corrected chi connectivity index (χ1v) is 8.53. The molecule has 0 atom stereocenters. The molecule has 0 N–H and O–H groups in total. The van der Waals surface area contributed by atoms with Crippen LogP contribution in [-0.2, 0) is 4.79 Å². The van der Waals surface area contributed by atoms with Crippen LogP contribution in [0.1, 0.15) is 22.4 Å². The van der Waals surface area contributed by atoms with E-state index in [9.17, 15) is 4.79 Å². The number of rotatable bonds is 6. The molecule has 0 radical (unpaired) electrons. The van der Waals surface area contributed by atoms with E-state index >= 15 is 0 Å². The maximum Gasteiger partial charge on any atom is 0.213 e. The number of aryl methyl sites for hydroxylation is 2. The zero-order valence-corrected chi connectivity index (χ0v) is 16.8. The van der Waals surface area contributed by atoms with E-state index in [4.69, 9.17) is 32.7 Å². The third-order valence-corrected chi connectivity index (χ3v) is 4.70. The van der Waals surface area contributed by atoms with Crippen LogP contribution in [0.25, 0.3) is 11.8 Å². The summed E-state index contributed by atoms with van der Waals surface area (Å²) < 4.78 is 10.6. The average Bonchev–Trinajstić information content (AvgIpc) is 2.62. The number of aromatic nitrogens is 1.